The number of fused-ring (bicyclic) bond motifs is 4. The van der Waals surface area contributed by atoms with Crippen LogP contribution in [0.4, 0.5) is 22.7 Å². The van der Waals surface area contributed by atoms with E-state index in [2.05, 4.69) is 280 Å². The third-order valence-corrected chi connectivity index (χ3v) is 14.7. The Kier molecular flexibility index (Phi) is 12.7. The molecule has 366 valence electrons. The number of hydrogen-bond donors (Lipinski definition) is 0. The Hall–Kier alpha value is -7.98. The fourth-order valence-corrected chi connectivity index (χ4v) is 10.8. The number of benzene rings is 9. The predicted molar refractivity (Wildman–Crippen MR) is 300 cm³/mol. The first kappa shape index (κ1) is 48.3. The molecule has 5 nitrogen and oxygen atoms in total. The Bertz CT molecular complexity index is 3670. The van der Waals surface area contributed by atoms with Crippen LogP contribution < -0.4 is 14.5 Å². The van der Waals surface area contributed by atoms with Crippen LogP contribution in [0, 0.1) is 18.8 Å². The minimum Gasteiger partial charge on any atom is -0.509 e. The first-order chi connectivity index (χ1) is 35.6. The van der Waals surface area contributed by atoms with Crippen LogP contribution in [0.25, 0.3) is 27.6 Å². The molecule has 1 aliphatic heterocycles. The second kappa shape index (κ2) is 19.5. The monoisotopic (exact) mass is 1140 g/mol. The van der Waals surface area contributed by atoms with Crippen molar-refractivity contribution in [3.63, 3.8) is 0 Å². The Balaban J connectivity index is 0.00000588. The molecule has 1 aliphatic rings. The molecule has 74 heavy (non-hydrogen) atoms. The Morgan fingerprint density at radius 3 is 1.64 bits per heavy atom. The molecule has 0 bridgehead atoms. The second-order valence-electron chi connectivity index (χ2n) is 20.5. The molecule has 0 unspecified atom stereocenters. The maximum Gasteiger partial charge on any atom is 0.135 e. The fraction of sp³-hybridized carbons (Fsp3) is 0.118. The Labute approximate surface area is 449 Å². The fourth-order valence-electron chi connectivity index (χ4n) is 10.8. The molecule has 0 saturated carbocycles. The van der Waals surface area contributed by atoms with Gasteiger partial charge in [0.15, 0.2) is 0 Å². The van der Waals surface area contributed by atoms with Crippen molar-refractivity contribution in [3.8, 4) is 17.3 Å². The molecule has 0 N–H and O–H groups in total. The van der Waals surface area contributed by atoms with Crippen molar-refractivity contribution in [2.75, 3.05) is 9.80 Å². The van der Waals surface area contributed by atoms with Crippen LogP contribution in [-0.2, 0) is 37.3 Å². The third kappa shape index (κ3) is 8.49. The summed E-state index contributed by atoms with van der Waals surface area (Å²) in [4.78, 5) is 9.64. The summed E-state index contributed by atoms with van der Waals surface area (Å²) in [5.74, 6) is 1.95. The van der Waals surface area contributed by atoms with Crippen molar-refractivity contribution in [2.24, 2.45) is 0 Å². The minimum absolute atomic E-state index is 0. The largest absolute Gasteiger partial charge is 0.509 e. The van der Waals surface area contributed by atoms with Crippen LogP contribution >= 0.6 is 0 Å². The molecule has 6 heteroatoms. The van der Waals surface area contributed by atoms with Gasteiger partial charge in [-0.15, -0.1) is 48.1 Å². The molecule has 3 heterocycles. The van der Waals surface area contributed by atoms with E-state index in [9.17, 15) is 0 Å². The van der Waals surface area contributed by atoms with Crippen molar-refractivity contribution in [3.05, 3.63) is 294 Å². The maximum absolute atomic E-state index is 6.77. The molecular weight excluding hydrogens is 1080 g/mol. The summed E-state index contributed by atoms with van der Waals surface area (Å²) in [6.45, 7) is 13.7. The van der Waals surface area contributed by atoms with E-state index in [0.717, 1.165) is 55.9 Å². The topological polar surface area (TPSA) is 33.5 Å². The molecule has 0 spiro atoms. The summed E-state index contributed by atoms with van der Waals surface area (Å²) in [5.41, 5.74) is 13.5. The number of nitrogens with zero attached hydrogens (tertiary/aromatic N) is 4. The summed E-state index contributed by atoms with van der Waals surface area (Å²) in [6, 6.07) is 89.3. The average molecular weight is 1140 g/mol. The van der Waals surface area contributed by atoms with E-state index in [-0.39, 0.29) is 31.9 Å². The Morgan fingerprint density at radius 1 is 0.446 bits per heavy atom. The van der Waals surface area contributed by atoms with Crippen LogP contribution in [0.5, 0.6) is 11.5 Å². The van der Waals surface area contributed by atoms with Crippen molar-refractivity contribution < 1.29 is 25.8 Å². The normalized spacial score (nSPS) is 12.7. The van der Waals surface area contributed by atoms with Gasteiger partial charge >= 0.3 is 0 Å². The molecule has 0 saturated heterocycles. The molecular formula is C68H55N4OPt-3. The molecule has 0 fully saturated rings. The summed E-state index contributed by atoms with van der Waals surface area (Å²) in [7, 11) is 0. The van der Waals surface area contributed by atoms with Crippen LogP contribution in [-0.4, -0.2) is 9.55 Å². The molecule has 2 aromatic heterocycles. The van der Waals surface area contributed by atoms with Gasteiger partial charge in [0.1, 0.15) is 5.82 Å². The van der Waals surface area contributed by atoms with E-state index < -0.39 is 5.41 Å². The number of aromatic nitrogens is 2. The third-order valence-electron chi connectivity index (χ3n) is 14.7. The van der Waals surface area contributed by atoms with E-state index in [4.69, 9.17) is 9.72 Å². The average Bonchev–Trinajstić information content (AvgIpc) is 3.98. The number of hydrogen-bond acceptors (Lipinski definition) is 4. The van der Waals surface area contributed by atoms with E-state index in [1.54, 1.807) is 0 Å². The van der Waals surface area contributed by atoms with Gasteiger partial charge in [0.25, 0.3) is 0 Å². The predicted octanol–water partition coefficient (Wildman–Crippen LogP) is 17.0. The van der Waals surface area contributed by atoms with Gasteiger partial charge in [0.05, 0.1) is 5.41 Å². The molecule has 11 aromatic rings. The standard InChI is InChI=1S/C68H55N4O.Pt/c1-66(2,3)53-41-54(67(4,5)48-23-10-6-11-24-48)43-56(42-53)71-47-70(62-35-20-21-36-63(62)71)55-31-22-32-57(45-55)73-58-37-38-60-59-33-18-19-34-61(59)72(64(60)46-58)65-44-52(39-40-69-65)68(49-25-12-7-13-26-49,50-27-14-8-15-28-50)51-29-16-9-17-30-51;/h6-44,47H,1-5H3;/q-3;. The maximum atomic E-state index is 6.77. The van der Waals surface area contributed by atoms with Gasteiger partial charge in [0, 0.05) is 66.8 Å². The summed E-state index contributed by atoms with van der Waals surface area (Å²) >= 11 is 0. The molecule has 0 atom stereocenters. The van der Waals surface area contributed by atoms with Gasteiger partial charge in [0.2, 0.25) is 0 Å². The number of pyridine rings is 1. The van der Waals surface area contributed by atoms with Crippen molar-refractivity contribution in [1.82, 2.24) is 9.55 Å². The summed E-state index contributed by atoms with van der Waals surface area (Å²) in [6.07, 6.45) is 1.94. The SMILES string of the molecule is CC(C)(C)c1cc(N2[CH-]N(c3[c-]c(Oc4[c-]c5c(cc4)c4ccccc4n5-c4cc(C(c5ccccc5)(c5ccccc5)c5ccccc5)ccn4)ccc3)c3ccccc32)cc(C(C)(C)c2ccccc2)c1.[Pt]. The van der Waals surface area contributed by atoms with E-state index in [1.807, 2.05) is 24.4 Å². The molecule has 0 amide bonds. The smallest absolute Gasteiger partial charge is 0.135 e. The quantitative estimate of drug-likeness (QED) is 0.0955. The van der Waals surface area contributed by atoms with E-state index >= 15 is 0 Å². The zero-order valence-corrected chi connectivity index (χ0v) is 44.4. The van der Waals surface area contributed by atoms with Crippen molar-refractivity contribution >= 4 is 44.6 Å². The van der Waals surface area contributed by atoms with E-state index in [0.29, 0.717) is 11.5 Å². The van der Waals surface area contributed by atoms with Gasteiger partial charge in [-0.25, -0.2) is 4.98 Å². The van der Waals surface area contributed by atoms with Gasteiger partial charge in [-0.05, 0) is 92.2 Å². The van der Waals surface area contributed by atoms with Gasteiger partial charge in [-0.1, -0.05) is 198 Å². The molecule has 12 rings (SSSR count). The van der Waals surface area contributed by atoms with Crippen LogP contribution in [0.1, 0.15) is 73.6 Å². The summed E-state index contributed by atoms with van der Waals surface area (Å²) < 4.78 is 8.99. The number of anilines is 4. The van der Waals surface area contributed by atoms with Gasteiger partial charge < -0.3 is 19.1 Å². The minimum atomic E-state index is -0.637. The van der Waals surface area contributed by atoms with E-state index in [1.165, 1.54) is 33.4 Å². The van der Waals surface area contributed by atoms with Crippen molar-refractivity contribution in [1.29, 1.82) is 0 Å². The van der Waals surface area contributed by atoms with Crippen LogP contribution in [0.3, 0.4) is 0 Å². The first-order valence-electron chi connectivity index (χ1n) is 25.1. The van der Waals surface area contributed by atoms with Gasteiger partial charge in [-0.2, -0.15) is 12.1 Å². The Morgan fingerprint density at radius 2 is 1.00 bits per heavy atom. The second-order valence-corrected chi connectivity index (χ2v) is 20.5. The van der Waals surface area contributed by atoms with Crippen LogP contribution in [0.15, 0.2) is 237 Å². The zero-order valence-electron chi connectivity index (χ0n) is 42.1. The summed E-state index contributed by atoms with van der Waals surface area (Å²) in [5, 5.41) is 2.17. The molecule has 0 radical (unpaired) electrons. The van der Waals surface area contributed by atoms with Crippen LogP contribution in [0.2, 0.25) is 0 Å². The molecule has 0 aliphatic carbocycles. The number of para-hydroxylation sites is 3. The molecule has 9 aromatic carbocycles. The number of rotatable bonds is 11. The van der Waals surface area contributed by atoms with Crippen molar-refractivity contribution in [2.45, 2.75) is 50.9 Å². The first-order valence-corrected chi connectivity index (χ1v) is 25.1. The zero-order chi connectivity index (χ0) is 49.7. The van der Waals surface area contributed by atoms with Gasteiger partial charge in [-0.3, -0.25) is 0 Å². The number of ether oxygens (including phenoxy) is 1.